The first-order valence-electron chi connectivity index (χ1n) is 4.52. The van der Waals surface area contributed by atoms with Crippen molar-refractivity contribution in [2.45, 2.75) is 6.04 Å². The molecular formula is C10H11N3O2. The van der Waals surface area contributed by atoms with E-state index in [4.69, 9.17) is 10.2 Å². The van der Waals surface area contributed by atoms with Crippen molar-refractivity contribution < 1.29 is 9.21 Å². The SMILES string of the molecule is CNC(C(N)=O)c1ccc2ncoc2c1. The fraction of sp³-hybridized carbons (Fsp3) is 0.200. The van der Waals surface area contributed by atoms with Crippen LogP contribution in [0.5, 0.6) is 0 Å². The summed E-state index contributed by atoms with van der Waals surface area (Å²) < 4.78 is 5.14. The van der Waals surface area contributed by atoms with Gasteiger partial charge >= 0.3 is 0 Å². The molecule has 0 saturated carbocycles. The number of benzene rings is 1. The van der Waals surface area contributed by atoms with E-state index in [1.807, 2.05) is 0 Å². The minimum absolute atomic E-state index is 0.420. The molecule has 2 aromatic rings. The summed E-state index contributed by atoms with van der Waals surface area (Å²) in [7, 11) is 1.68. The highest BCUT2D eigenvalue weighted by Gasteiger charge is 2.16. The second-order valence-corrected chi connectivity index (χ2v) is 3.20. The molecule has 15 heavy (non-hydrogen) atoms. The van der Waals surface area contributed by atoms with Crippen LogP contribution >= 0.6 is 0 Å². The Balaban J connectivity index is 2.46. The first-order valence-corrected chi connectivity index (χ1v) is 4.52. The third-order valence-electron chi connectivity index (χ3n) is 2.26. The van der Waals surface area contributed by atoms with E-state index in [0.717, 1.165) is 11.1 Å². The summed E-state index contributed by atoms with van der Waals surface area (Å²) in [4.78, 5) is 15.1. The number of fused-ring (bicyclic) bond motifs is 1. The van der Waals surface area contributed by atoms with Crippen LogP contribution in [0, 0.1) is 0 Å². The zero-order chi connectivity index (χ0) is 10.8. The Morgan fingerprint density at radius 2 is 2.40 bits per heavy atom. The van der Waals surface area contributed by atoms with Crippen LogP contribution in [0.1, 0.15) is 11.6 Å². The van der Waals surface area contributed by atoms with E-state index in [0.29, 0.717) is 5.58 Å². The van der Waals surface area contributed by atoms with Crippen LogP contribution in [-0.4, -0.2) is 17.9 Å². The molecule has 0 radical (unpaired) electrons. The van der Waals surface area contributed by atoms with Crippen LogP contribution in [0.25, 0.3) is 11.1 Å². The summed E-state index contributed by atoms with van der Waals surface area (Å²) in [5.74, 6) is -0.420. The summed E-state index contributed by atoms with van der Waals surface area (Å²) >= 11 is 0. The molecule has 1 aromatic carbocycles. The van der Waals surface area contributed by atoms with Crippen molar-refractivity contribution in [1.29, 1.82) is 0 Å². The van der Waals surface area contributed by atoms with E-state index in [9.17, 15) is 4.79 Å². The highest BCUT2D eigenvalue weighted by molar-refractivity contribution is 5.83. The molecule has 0 aliphatic rings. The lowest BCUT2D eigenvalue weighted by atomic mass is 10.1. The van der Waals surface area contributed by atoms with E-state index in [-0.39, 0.29) is 0 Å². The molecule has 1 atom stereocenters. The van der Waals surface area contributed by atoms with Gasteiger partial charge < -0.3 is 15.5 Å². The van der Waals surface area contributed by atoms with Crippen molar-refractivity contribution in [3.63, 3.8) is 0 Å². The second-order valence-electron chi connectivity index (χ2n) is 3.20. The molecule has 0 bridgehead atoms. The molecule has 3 N–H and O–H groups in total. The van der Waals surface area contributed by atoms with Crippen LogP contribution in [0.2, 0.25) is 0 Å². The summed E-state index contributed by atoms with van der Waals surface area (Å²) in [6.45, 7) is 0. The zero-order valence-electron chi connectivity index (χ0n) is 8.23. The number of oxazole rings is 1. The number of aromatic nitrogens is 1. The summed E-state index contributed by atoms with van der Waals surface area (Å²) in [5, 5.41) is 2.84. The Morgan fingerprint density at radius 3 is 3.07 bits per heavy atom. The van der Waals surface area contributed by atoms with E-state index < -0.39 is 11.9 Å². The third-order valence-corrected chi connectivity index (χ3v) is 2.26. The lowest BCUT2D eigenvalue weighted by Crippen LogP contribution is -2.31. The Labute approximate surface area is 86.3 Å². The minimum atomic E-state index is -0.500. The van der Waals surface area contributed by atoms with Gasteiger partial charge in [-0.2, -0.15) is 0 Å². The standard InChI is InChI=1S/C10H11N3O2/c1-12-9(10(11)14)6-2-3-7-8(4-6)15-5-13-7/h2-5,9,12H,1H3,(H2,11,14). The molecule has 1 aromatic heterocycles. The van der Waals surface area contributed by atoms with Crippen molar-refractivity contribution in [1.82, 2.24) is 10.3 Å². The lowest BCUT2D eigenvalue weighted by molar-refractivity contribution is -0.120. The average molecular weight is 205 g/mol. The maximum atomic E-state index is 11.1. The number of likely N-dealkylation sites (N-methyl/N-ethyl adjacent to an activating group) is 1. The lowest BCUT2D eigenvalue weighted by Gasteiger charge is -2.11. The Hall–Kier alpha value is -1.88. The molecule has 0 fully saturated rings. The smallest absolute Gasteiger partial charge is 0.239 e. The van der Waals surface area contributed by atoms with Crippen molar-refractivity contribution in [2.24, 2.45) is 5.73 Å². The predicted molar refractivity (Wildman–Crippen MR) is 55.0 cm³/mol. The first-order chi connectivity index (χ1) is 7.22. The highest BCUT2D eigenvalue weighted by Crippen LogP contribution is 2.19. The van der Waals surface area contributed by atoms with E-state index in [1.165, 1.54) is 6.39 Å². The zero-order valence-corrected chi connectivity index (χ0v) is 8.23. The summed E-state index contributed by atoms with van der Waals surface area (Å²) in [6.07, 6.45) is 1.37. The fourth-order valence-corrected chi connectivity index (χ4v) is 1.52. The number of rotatable bonds is 3. The largest absolute Gasteiger partial charge is 0.443 e. The Kier molecular flexibility index (Phi) is 2.39. The van der Waals surface area contributed by atoms with Gasteiger partial charge in [-0.1, -0.05) is 6.07 Å². The first kappa shape index (κ1) is 9.67. The maximum Gasteiger partial charge on any atom is 0.239 e. The Bertz CT molecular complexity index is 492. The molecule has 2 rings (SSSR count). The van der Waals surface area contributed by atoms with Crippen molar-refractivity contribution in [3.8, 4) is 0 Å². The number of hydrogen-bond acceptors (Lipinski definition) is 4. The number of nitrogens with one attached hydrogen (secondary N) is 1. The third kappa shape index (κ3) is 1.69. The van der Waals surface area contributed by atoms with Gasteiger partial charge in [-0.3, -0.25) is 4.79 Å². The monoisotopic (exact) mass is 205 g/mol. The van der Waals surface area contributed by atoms with Crippen molar-refractivity contribution in [2.75, 3.05) is 7.05 Å². The molecule has 0 aliphatic carbocycles. The number of carbonyl (C=O) groups excluding carboxylic acids is 1. The number of carbonyl (C=O) groups is 1. The molecule has 1 unspecified atom stereocenters. The molecule has 1 heterocycles. The van der Waals surface area contributed by atoms with Gasteiger partial charge in [0.05, 0.1) is 0 Å². The minimum Gasteiger partial charge on any atom is -0.443 e. The fourth-order valence-electron chi connectivity index (χ4n) is 1.52. The van der Waals surface area contributed by atoms with Crippen LogP contribution in [0.4, 0.5) is 0 Å². The van der Waals surface area contributed by atoms with Crippen LogP contribution in [0.3, 0.4) is 0 Å². The number of primary amides is 1. The summed E-state index contributed by atoms with van der Waals surface area (Å²) in [5.41, 5.74) is 7.43. The highest BCUT2D eigenvalue weighted by atomic mass is 16.3. The quantitative estimate of drug-likeness (QED) is 0.767. The van der Waals surface area contributed by atoms with E-state index in [1.54, 1.807) is 25.2 Å². The van der Waals surface area contributed by atoms with Crippen molar-refractivity contribution >= 4 is 17.0 Å². The number of nitrogens with zero attached hydrogens (tertiary/aromatic N) is 1. The van der Waals surface area contributed by atoms with Gasteiger partial charge in [0, 0.05) is 0 Å². The molecule has 0 spiro atoms. The molecular weight excluding hydrogens is 194 g/mol. The molecule has 5 heteroatoms. The van der Waals surface area contributed by atoms with E-state index in [2.05, 4.69) is 10.3 Å². The van der Waals surface area contributed by atoms with Crippen molar-refractivity contribution in [3.05, 3.63) is 30.2 Å². The van der Waals surface area contributed by atoms with Gasteiger partial charge in [0.2, 0.25) is 5.91 Å². The van der Waals surface area contributed by atoms with Crippen LogP contribution < -0.4 is 11.1 Å². The molecule has 5 nitrogen and oxygen atoms in total. The topological polar surface area (TPSA) is 81.1 Å². The summed E-state index contributed by atoms with van der Waals surface area (Å²) in [6, 6.07) is 4.85. The second kappa shape index (κ2) is 3.70. The van der Waals surface area contributed by atoms with Gasteiger partial charge in [0.1, 0.15) is 11.6 Å². The Morgan fingerprint density at radius 1 is 1.60 bits per heavy atom. The molecule has 1 amide bonds. The normalized spacial score (nSPS) is 12.9. The molecule has 0 aliphatic heterocycles. The number of nitrogens with two attached hydrogens (primary N) is 1. The van der Waals surface area contributed by atoms with Gasteiger partial charge in [-0.15, -0.1) is 0 Å². The van der Waals surface area contributed by atoms with Gasteiger partial charge in [-0.25, -0.2) is 4.98 Å². The predicted octanol–water partition coefficient (Wildman–Crippen LogP) is 0.574. The van der Waals surface area contributed by atoms with Crippen LogP contribution in [0.15, 0.2) is 29.0 Å². The van der Waals surface area contributed by atoms with Gasteiger partial charge in [0.15, 0.2) is 12.0 Å². The van der Waals surface area contributed by atoms with Gasteiger partial charge in [0.25, 0.3) is 0 Å². The maximum absolute atomic E-state index is 11.1. The average Bonchev–Trinajstić information content (AvgIpc) is 2.65. The molecule has 0 saturated heterocycles. The number of hydrogen-bond donors (Lipinski definition) is 2. The van der Waals surface area contributed by atoms with E-state index >= 15 is 0 Å². The number of amides is 1. The molecule has 78 valence electrons. The van der Waals surface area contributed by atoms with Crippen LogP contribution in [-0.2, 0) is 4.79 Å². The van der Waals surface area contributed by atoms with Gasteiger partial charge in [-0.05, 0) is 24.7 Å².